The number of rotatable bonds is 8. The Labute approximate surface area is 188 Å². The normalized spacial score (nSPS) is 17.5. The van der Waals surface area contributed by atoms with Gasteiger partial charge < -0.3 is 14.6 Å². The van der Waals surface area contributed by atoms with Crippen LogP contribution >= 0.6 is 0 Å². The fourth-order valence-corrected chi connectivity index (χ4v) is 4.00. The molecule has 0 saturated carbocycles. The predicted octanol–water partition coefficient (Wildman–Crippen LogP) is 3.33. The molecule has 1 atom stereocenters. The first-order valence-corrected chi connectivity index (χ1v) is 11.0. The maximum absolute atomic E-state index is 13.6. The third kappa shape index (κ3) is 6.02. The predicted molar refractivity (Wildman–Crippen MR) is 120 cm³/mol. The number of nitrogens with zero attached hydrogens (tertiary/aromatic N) is 3. The van der Waals surface area contributed by atoms with E-state index in [9.17, 15) is 9.18 Å². The van der Waals surface area contributed by atoms with Gasteiger partial charge in [0.05, 0.1) is 31.3 Å². The molecule has 1 aromatic heterocycles. The molecule has 0 spiro atoms. The Balaban J connectivity index is 1.45. The number of halogens is 1. The quantitative estimate of drug-likeness (QED) is 0.589. The molecular weight excluding hydrogens is 407 g/mol. The number of ether oxygens (including phenoxy) is 1. The number of aromatic nitrogens is 2. The van der Waals surface area contributed by atoms with E-state index in [1.54, 1.807) is 12.4 Å². The minimum atomic E-state index is -0.276. The van der Waals surface area contributed by atoms with Gasteiger partial charge in [-0.25, -0.2) is 9.37 Å². The van der Waals surface area contributed by atoms with Gasteiger partial charge in [-0.1, -0.05) is 42.5 Å². The van der Waals surface area contributed by atoms with Crippen LogP contribution in [0.1, 0.15) is 22.5 Å². The van der Waals surface area contributed by atoms with Gasteiger partial charge in [-0.15, -0.1) is 0 Å². The Bertz CT molecular complexity index is 1020. The summed E-state index contributed by atoms with van der Waals surface area (Å²) in [6, 6.07) is 16.6. The van der Waals surface area contributed by atoms with Crippen molar-refractivity contribution in [3.63, 3.8) is 0 Å². The van der Waals surface area contributed by atoms with Gasteiger partial charge in [0.25, 0.3) is 0 Å². The van der Waals surface area contributed by atoms with E-state index < -0.39 is 0 Å². The lowest BCUT2D eigenvalue weighted by Gasteiger charge is -2.25. The van der Waals surface area contributed by atoms with Crippen LogP contribution in [-0.2, 0) is 29.1 Å². The van der Waals surface area contributed by atoms with Gasteiger partial charge >= 0.3 is 0 Å². The molecule has 1 N–H and O–H groups in total. The molecule has 3 aromatic rings. The zero-order valence-corrected chi connectivity index (χ0v) is 18.3. The molecule has 1 unspecified atom stereocenters. The van der Waals surface area contributed by atoms with Gasteiger partial charge in [0.2, 0.25) is 5.91 Å². The second kappa shape index (κ2) is 10.5. The highest BCUT2D eigenvalue weighted by atomic mass is 19.1. The lowest BCUT2D eigenvalue weighted by molar-refractivity contribution is -0.131. The Morgan fingerprint density at radius 2 is 1.94 bits per heavy atom. The lowest BCUT2D eigenvalue weighted by Crippen LogP contribution is -2.39. The van der Waals surface area contributed by atoms with Gasteiger partial charge in [0, 0.05) is 31.9 Å². The minimum Gasteiger partial charge on any atom is -0.370 e. The van der Waals surface area contributed by atoms with Gasteiger partial charge in [0.15, 0.2) is 0 Å². The largest absolute Gasteiger partial charge is 0.370 e. The van der Waals surface area contributed by atoms with Crippen LogP contribution in [0, 0.1) is 12.7 Å². The highest BCUT2D eigenvalue weighted by Crippen LogP contribution is 2.15. The average molecular weight is 437 g/mol. The van der Waals surface area contributed by atoms with Crippen molar-refractivity contribution in [1.82, 2.24) is 19.8 Å². The number of aromatic amines is 1. The van der Waals surface area contributed by atoms with E-state index in [0.29, 0.717) is 39.3 Å². The van der Waals surface area contributed by atoms with Crippen LogP contribution in [0.15, 0.2) is 60.9 Å². The Kier molecular flexibility index (Phi) is 7.29. The summed E-state index contributed by atoms with van der Waals surface area (Å²) >= 11 is 0. The molecule has 1 amide bonds. The lowest BCUT2D eigenvalue weighted by atomic mass is 10.1. The van der Waals surface area contributed by atoms with Gasteiger partial charge in [-0.3, -0.25) is 9.69 Å². The van der Waals surface area contributed by atoms with Gasteiger partial charge in [-0.05, 0) is 36.6 Å². The van der Waals surface area contributed by atoms with Crippen LogP contribution in [0.2, 0.25) is 0 Å². The first kappa shape index (κ1) is 22.2. The third-order valence-electron chi connectivity index (χ3n) is 5.79. The molecule has 1 fully saturated rings. The van der Waals surface area contributed by atoms with E-state index in [0.717, 1.165) is 23.4 Å². The van der Waals surface area contributed by atoms with Gasteiger partial charge in [0.1, 0.15) is 5.82 Å². The summed E-state index contributed by atoms with van der Waals surface area (Å²) in [7, 11) is 0. The molecule has 1 saturated heterocycles. The summed E-state index contributed by atoms with van der Waals surface area (Å²) in [5, 5.41) is 0. The number of H-pyrrole nitrogens is 1. The van der Waals surface area contributed by atoms with E-state index in [1.807, 2.05) is 36.1 Å². The molecule has 32 heavy (non-hydrogen) atoms. The van der Waals surface area contributed by atoms with Crippen LogP contribution in [0.4, 0.5) is 4.39 Å². The molecule has 0 radical (unpaired) electrons. The number of benzene rings is 2. The molecule has 0 bridgehead atoms. The SMILES string of the molecule is Cc1[nH]cnc1CN1CC(=O)N(CCc2ccccc2)CC(OCc2cccc(F)c2)C1. The van der Waals surface area contributed by atoms with E-state index in [2.05, 4.69) is 27.0 Å². The topological polar surface area (TPSA) is 61.5 Å². The van der Waals surface area contributed by atoms with Crippen molar-refractivity contribution in [1.29, 1.82) is 0 Å². The molecule has 0 aliphatic carbocycles. The molecule has 7 heteroatoms. The van der Waals surface area contributed by atoms with Crippen molar-refractivity contribution in [2.45, 2.75) is 32.6 Å². The summed E-state index contributed by atoms with van der Waals surface area (Å²) in [5.74, 6) is -0.187. The van der Waals surface area contributed by atoms with Crippen molar-refractivity contribution in [3.8, 4) is 0 Å². The fraction of sp³-hybridized carbons (Fsp3) is 0.360. The fourth-order valence-electron chi connectivity index (χ4n) is 4.00. The molecule has 1 aliphatic rings. The second-order valence-electron chi connectivity index (χ2n) is 8.28. The van der Waals surface area contributed by atoms with Crippen molar-refractivity contribution >= 4 is 5.91 Å². The zero-order valence-electron chi connectivity index (χ0n) is 18.3. The third-order valence-corrected chi connectivity index (χ3v) is 5.79. The number of carbonyl (C=O) groups excluding carboxylic acids is 1. The summed E-state index contributed by atoms with van der Waals surface area (Å²) in [6.07, 6.45) is 2.29. The molecule has 6 nitrogen and oxygen atoms in total. The number of hydrogen-bond donors (Lipinski definition) is 1. The van der Waals surface area contributed by atoms with Crippen molar-refractivity contribution in [3.05, 3.63) is 89.3 Å². The van der Waals surface area contributed by atoms with Crippen LogP contribution in [0.3, 0.4) is 0 Å². The molecule has 168 valence electrons. The molecule has 1 aliphatic heterocycles. The second-order valence-corrected chi connectivity index (χ2v) is 8.28. The van der Waals surface area contributed by atoms with E-state index in [1.165, 1.54) is 17.7 Å². The monoisotopic (exact) mass is 436 g/mol. The molecule has 4 rings (SSSR count). The maximum Gasteiger partial charge on any atom is 0.236 e. The number of carbonyl (C=O) groups is 1. The van der Waals surface area contributed by atoms with Crippen LogP contribution in [0.25, 0.3) is 0 Å². The van der Waals surface area contributed by atoms with Crippen LogP contribution in [0.5, 0.6) is 0 Å². The Morgan fingerprint density at radius 3 is 2.69 bits per heavy atom. The van der Waals surface area contributed by atoms with Crippen molar-refractivity contribution < 1.29 is 13.9 Å². The smallest absolute Gasteiger partial charge is 0.236 e. The Hall–Kier alpha value is -3.03. The summed E-state index contributed by atoms with van der Waals surface area (Å²) in [4.78, 5) is 24.5. The first-order chi connectivity index (χ1) is 15.6. The summed E-state index contributed by atoms with van der Waals surface area (Å²) in [5.41, 5.74) is 3.91. The van der Waals surface area contributed by atoms with E-state index >= 15 is 0 Å². The summed E-state index contributed by atoms with van der Waals surface area (Å²) in [6.45, 7) is 4.93. The van der Waals surface area contributed by atoms with E-state index in [4.69, 9.17) is 4.74 Å². The molecule has 2 aromatic carbocycles. The van der Waals surface area contributed by atoms with E-state index in [-0.39, 0.29) is 17.8 Å². The zero-order chi connectivity index (χ0) is 22.3. The number of imidazole rings is 1. The average Bonchev–Trinajstić information content (AvgIpc) is 3.12. The number of nitrogens with one attached hydrogen (secondary N) is 1. The van der Waals surface area contributed by atoms with Crippen molar-refractivity contribution in [2.75, 3.05) is 26.2 Å². The maximum atomic E-state index is 13.6. The molecule has 2 heterocycles. The van der Waals surface area contributed by atoms with Crippen LogP contribution in [-0.4, -0.2) is 58.0 Å². The first-order valence-electron chi connectivity index (χ1n) is 11.0. The summed E-state index contributed by atoms with van der Waals surface area (Å²) < 4.78 is 19.7. The minimum absolute atomic E-state index is 0.0889. The van der Waals surface area contributed by atoms with Crippen molar-refractivity contribution in [2.24, 2.45) is 0 Å². The molecular formula is C25H29FN4O2. The standard InChI is InChI=1S/C25H29FN4O2/c1-19-24(28-18-27-19)15-29-13-23(32-17-21-8-5-9-22(26)12-21)14-30(25(31)16-29)11-10-20-6-3-2-4-7-20/h2-9,12,18,23H,10-11,13-17H2,1H3,(H,27,28). The number of hydrogen-bond acceptors (Lipinski definition) is 4. The van der Waals surface area contributed by atoms with Crippen LogP contribution < -0.4 is 0 Å². The van der Waals surface area contributed by atoms with Gasteiger partial charge in [-0.2, -0.15) is 0 Å². The number of aryl methyl sites for hydroxylation is 1. The highest BCUT2D eigenvalue weighted by Gasteiger charge is 2.29. The number of amides is 1. The Morgan fingerprint density at radius 1 is 1.12 bits per heavy atom. The highest BCUT2D eigenvalue weighted by molar-refractivity contribution is 5.78.